The maximum atomic E-state index is 12.4. The summed E-state index contributed by atoms with van der Waals surface area (Å²) in [5, 5.41) is 11.0. The summed E-state index contributed by atoms with van der Waals surface area (Å²) in [5.74, 6) is 0.572. The summed E-state index contributed by atoms with van der Waals surface area (Å²) in [5.41, 5.74) is 1.65. The number of H-pyrrole nitrogens is 1. The molecule has 3 aromatic heterocycles. The standard InChI is InChI=1S/C17H20N6O2S/c1-8-10(3)26-17-13(8)16(25)21-14(22-17)9(2)20-11-6-19-23(7-11)12-4-5-18-15(12)24/h6-7,9,12,20H,4-5H2,1-3H3,(H,18,24)(H,21,22,25). The van der Waals surface area contributed by atoms with Gasteiger partial charge in [0.1, 0.15) is 16.7 Å². The van der Waals surface area contributed by atoms with Crippen LogP contribution in [-0.2, 0) is 4.79 Å². The number of rotatable bonds is 4. The Morgan fingerprint density at radius 1 is 1.38 bits per heavy atom. The summed E-state index contributed by atoms with van der Waals surface area (Å²) in [6, 6.07) is -0.461. The Morgan fingerprint density at radius 3 is 2.92 bits per heavy atom. The molecule has 1 aliphatic heterocycles. The number of aromatic amines is 1. The number of aromatic nitrogens is 4. The Hall–Kier alpha value is -2.68. The molecule has 1 fully saturated rings. The summed E-state index contributed by atoms with van der Waals surface area (Å²) in [7, 11) is 0. The third-order valence-electron chi connectivity index (χ3n) is 4.79. The van der Waals surface area contributed by atoms with Gasteiger partial charge in [0.15, 0.2) is 0 Å². The van der Waals surface area contributed by atoms with E-state index in [1.54, 1.807) is 10.9 Å². The second kappa shape index (κ2) is 6.24. The number of anilines is 1. The molecule has 0 spiro atoms. The molecule has 9 heteroatoms. The van der Waals surface area contributed by atoms with Gasteiger partial charge < -0.3 is 15.6 Å². The normalized spacial score (nSPS) is 18.3. The van der Waals surface area contributed by atoms with Crippen molar-refractivity contribution in [1.82, 2.24) is 25.1 Å². The molecule has 1 amide bonds. The average molecular weight is 372 g/mol. The molecule has 0 bridgehead atoms. The first-order valence-electron chi connectivity index (χ1n) is 8.52. The largest absolute Gasteiger partial charge is 0.373 e. The predicted octanol–water partition coefficient (Wildman–Crippen LogP) is 2.03. The number of amides is 1. The third kappa shape index (κ3) is 2.78. The van der Waals surface area contributed by atoms with E-state index in [-0.39, 0.29) is 23.6 Å². The zero-order chi connectivity index (χ0) is 18.4. The maximum Gasteiger partial charge on any atom is 0.259 e. The first-order valence-corrected chi connectivity index (χ1v) is 9.34. The molecule has 26 heavy (non-hydrogen) atoms. The van der Waals surface area contributed by atoms with Gasteiger partial charge >= 0.3 is 0 Å². The minimum atomic E-state index is -0.257. The number of hydrogen-bond acceptors (Lipinski definition) is 6. The highest BCUT2D eigenvalue weighted by atomic mass is 32.1. The van der Waals surface area contributed by atoms with Crippen LogP contribution in [0.3, 0.4) is 0 Å². The second-order valence-corrected chi connectivity index (χ2v) is 7.79. The number of fused-ring (bicyclic) bond motifs is 1. The number of carbonyl (C=O) groups excluding carboxylic acids is 1. The van der Waals surface area contributed by atoms with E-state index in [4.69, 9.17) is 0 Å². The van der Waals surface area contributed by atoms with Crippen molar-refractivity contribution in [3.8, 4) is 0 Å². The Morgan fingerprint density at radius 2 is 2.19 bits per heavy atom. The van der Waals surface area contributed by atoms with Crippen LogP contribution in [0.15, 0.2) is 17.2 Å². The molecule has 3 aromatic rings. The van der Waals surface area contributed by atoms with Crippen LogP contribution in [0.25, 0.3) is 10.2 Å². The van der Waals surface area contributed by atoms with Crippen molar-refractivity contribution >= 4 is 33.1 Å². The minimum absolute atomic E-state index is 0.00687. The molecule has 0 aliphatic carbocycles. The van der Waals surface area contributed by atoms with Gasteiger partial charge in [0.2, 0.25) is 5.91 Å². The molecule has 2 atom stereocenters. The van der Waals surface area contributed by atoms with Crippen LogP contribution in [0.5, 0.6) is 0 Å². The molecule has 4 heterocycles. The predicted molar refractivity (Wildman–Crippen MR) is 101 cm³/mol. The number of nitrogens with one attached hydrogen (secondary N) is 3. The fourth-order valence-corrected chi connectivity index (χ4v) is 4.25. The van der Waals surface area contributed by atoms with E-state index in [0.717, 1.165) is 27.4 Å². The smallest absolute Gasteiger partial charge is 0.259 e. The van der Waals surface area contributed by atoms with E-state index < -0.39 is 0 Å². The average Bonchev–Trinajstić information content (AvgIpc) is 3.28. The molecule has 8 nitrogen and oxygen atoms in total. The van der Waals surface area contributed by atoms with Crippen molar-refractivity contribution in [1.29, 1.82) is 0 Å². The van der Waals surface area contributed by atoms with Crippen LogP contribution in [0, 0.1) is 13.8 Å². The Kier molecular flexibility index (Phi) is 4.03. The van der Waals surface area contributed by atoms with Gasteiger partial charge in [-0.25, -0.2) is 4.98 Å². The Balaban J connectivity index is 1.58. The molecule has 0 saturated carbocycles. The van der Waals surface area contributed by atoms with E-state index in [1.165, 1.54) is 11.3 Å². The van der Waals surface area contributed by atoms with Gasteiger partial charge in [-0.1, -0.05) is 0 Å². The molecule has 136 valence electrons. The topological polar surface area (TPSA) is 105 Å². The van der Waals surface area contributed by atoms with Gasteiger partial charge in [0.25, 0.3) is 5.56 Å². The van der Waals surface area contributed by atoms with Gasteiger partial charge in [-0.3, -0.25) is 14.3 Å². The van der Waals surface area contributed by atoms with Gasteiger partial charge in [-0.2, -0.15) is 5.10 Å². The van der Waals surface area contributed by atoms with Crippen molar-refractivity contribution in [3.63, 3.8) is 0 Å². The monoisotopic (exact) mass is 372 g/mol. The Bertz CT molecular complexity index is 1050. The van der Waals surface area contributed by atoms with Crippen molar-refractivity contribution in [2.24, 2.45) is 0 Å². The lowest BCUT2D eigenvalue weighted by Crippen LogP contribution is -2.22. The summed E-state index contributed by atoms with van der Waals surface area (Å²) in [6.45, 7) is 6.54. The van der Waals surface area contributed by atoms with Crippen molar-refractivity contribution < 1.29 is 4.79 Å². The molecule has 0 radical (unpaired) electrons. The molecule has 3 N–H and O–H groups in total. The molecular formula is C17H20N6O2S. The molecule has 2 unspecified atom stereocenters. The number of hydrogen-bond donors (Lipinski definition) is 3. The molecule has 1 aliphatic rings. The highest BCUT2D eigenvalue weighted by Crippen LogP contribution is 2.27. The zero-order valence-corrected chi connectivity index (χ0v) is 15.6. The van der Waals surface area contributed by atoms with E-state index in [9.17, 15) is 9.59 Å². The van der Waals surface area contributed by atoms with E-state index >= 15 is 0 Å². The van der Waals surface area contributed by atoms with Gasteiger partial charge in [0, 0.05) is 17.6 Å². The van der Waals surface area contributed by atoms with E-state index in [1.807, 2.05) is 27.0 Å². The Labute approximate surface area is 153 Å². The highest BCUT2D eigenvalue weighted by molar-refractivity contribution is 7.18. The number of aryl methyl sites for hydroxylation is 2. The van der Waals surface area contributed by atoms with Gasteiger partial charge in [-0.15, -0.1) is 11.3 Å². The zero-order valence-electron chi connectivity index (χ0n) is 14.8. The van der Waals surface area contributed by atoms with Crippen LogP contribution in [0.4, 0.5) is 5.69 Å². The molecule has 0 aromatic carbocycles. The number of thiophene rings is 1. The fraction of sp³-hybridized carbons (Fsp3) is 0.412. The summed E-state index contributed by atoms with van der Waals surface area (Å²) in [4.78, 5) is 33.6. The van der Waals surface area contributed by atoms with Crippen LogP contribution in [0.2, 0.25) is 0 Å². The minimum Gasteiger partial charge on any atom is -0.373 e. The number of nitrogens with zero attached hydrogens (tertiary/aromatic N) is 3. The lowest BCUT2D eigenvalue weighted by molar-refractivity contribution is -0.122. The summed E-state index contributed by atoms with van der Waals surface area (Å²) in [6.07, 6.45) is 4.22. The van der Waals surface area contributed by atoms with Gasteiger partial charge in [0.05, 0.1) is 23.3 Å². The van der Waals surface area contributed by atoms with E-state index in [0.29, 0.717) is 17.8 Å². The lowest BCUT2D eigenvalue weighted by Gasteiger charge is -2.13. The second-order valence-electron chi connectivity index (χ2n) is 6.59. The van der Waals surface area contributed by atoms with Gasteiger partial charge in [-0.05, 0) is 32.8 Å². The summed E-state index contributed by atoms with van der Waals surface area (Å²) >= 11 is 1.53. The van der Waals surface area contributed by atoms with Crippen LogP contribution in [0.1, 0.15) is 41.7 Å². The maximum absolute atomic E-state index is 12.4. The van der Waals surface area contributed by atoms with Crippen molar-refractivity contribution in [2.75, 3.05) is 11.9 Å². The first kappa shape index (κ1) is 16.8. The molecule has 4 rings (SSSR count). The van der Waals surface area contributed by atoms with Crippen LogP contribution in [-0.4, -0.2) is 32.2 Å². The highest BCUT2D eigenvalue weighted by Gasteiger charge is 2.26. The molecular weight excluding hydrogens is 352 g/mol. The van der Waals surface area contributed by atoms with Crippen molar-refractivity contribution in [2.45, 2.75) is 39.3 Å². The van der Waals surface area contributed by atoms with E-state index in [2.05, 4.69) is 25.7 Å². The van der Waals surface area contributed by atoms with Crippen LogP contribution < -0.4 is 16.2 Å². The summed E-state index contributed by atoms with van der Waals surface area (Å²) < 4.78 is 1.67. The third-order valence-corrected chi connectivity index (χ3v) is 5.89. The fourth-order valence-electron chi connectivity index (χ4n) is 3.21. The lowest BCUT2D eigenvalue weighted by atomic mass is 10.2. The van der Waals surface area contributed by atoms with Crippen molar-refractivity contribution in [3.05, 3.63) is 39.0 Å². The SMILES string of the molecule is Cc1sc2nc(C(C)Nc3cnn(C4CCNC4=O)c3)[nH]c(=O)c2c1C. The molecule has 1 saturated heterocycles. The number of carbonyl (C=O) groups is 1. The quantitative estimate of drug-likeness (QED) is 0.650. The first-order chi connectivity index (χ1) is 12.4. The van der Waals surface area contributed by atoms with Crippen LogP contribution >= 0.6 is 11.3 Å².